The van der Waals surface area contributed by atoms with E-state index >= 15 is 0 Å². The molecule has 9 heteroatoms. The first kappa shape index (κ1) is 18.8. The second-order valence-electron chi connectivity index (χ2n) is 7.41. The average Bonchev–Trinajstić information content (AvgIpc) is 3.50. The van der Waals surface area contributed by atoms with Gasteiger partial charge in [-0.1, -0.05) is 12.1 Å². The number of nitriles is 1. The van der Waals surface area contributed by atoms with E-state index in [1.165, 1.54) is 12.8 Å². The molecule has 3 N–H and O–H groups in total. The van der Waals surface area contributed by atoms with Gasteiger partial charge in [-0.3, -0.25) is 0 Å². The average molecular weight is 412 g/mol. The molecule has 0 unspecified atom stereocenters. The molecule has 0 amide bonds. The number of nitrogens with zero attached hydrogens (tertiary/aromatic N) is 6. The summed E-state index contributed by atoms with van der Waals surface area (Å²) in [5.74, 6) is 1.76. The van der Waals surface area contributed by atoms with E-state index in [0.29, 0.717) is 22.5 Å². The van der Waals surface area contributed by atoms with Crippen LogP contribution in [0.3, 0.4) is 0 Å². The number of aromatic nitrogens is 5. The monoisotopic (exact) mass is 412 g/mol. The molecule has 154 valence electrons. The number of H-pyrrole nitrogens is 1. The normalized spacial score (nSPS) is 13.5. The first-order valence-electron chi connectivity index (χ1n) is 10.1. The minimum absolute atomic E-state index is 0.195. The van der Waals surface area contributed by atoms with Gasteiger partial charge in [0, 0.05) is 36.5 Å². The molecule has 31 heavy (non-hydrogen) atoms. The van der Waals surface area contributed by atoms with Gasteiger partial charge >= 0.3 is 0 Å². The Labute approximate surface area is 178 Å². The third-order valence-corrected chi connectivity index (χ3v) is 5.40. The van der Waals surface area contributed by atoms with Crippen molar-refractivity contribution in [2.45, 2.75) is 19.4 Å². The zero-order valence-electron chi connectivity index (χ0n) is 16.7. The maximum Gasteiger partial charge on any atom is 0.207 e. The van der Waals surface area contributed by atoms with Gasteiger partial charge in [-0.2, -0.15) is 15.6 Å². The number of nitrogens with two attached hydrogens (primary N) is 1. The number of ether oxygens (including phenoxy) is 1. The Balaban J connectivity index is 1.36. The van der Waals surface area contributed by atoms with E-state index in [0.717, 1.165) is 35.6 Å². The largest absolute Gasteiger partial charge is 0.486 e. The molecule has 4 aromatic rings. The molecule has 0 atom stereocenters. The van der Waals surface area contributed by atoms with Gasteiger partial charge in [0.15, 0.2) is 11.3 Å². The third-order valence-electron chi connectivity index (χ3n) is 5.40. The fraction of sp³-hybridized carbons (Fsp3) is 0.227. The van der Waals surface area contributed by atoms with E-state index in [1.807, 2.05) is 36.5 Å². The summed E-state index contributed by atoms with van der Waals surface area (Å²) in [6, 6.07) is 13.7. The molecule has 0 radical (unpaired) electrons. The van der Waals surface area contributed by atoms with Gasteiger partial charge in [-0.25, -0.2) is 9.97 Å². The lowest BCUT2D eigenvalue weighted by atomic mass is 10.0. The van der Waals surface area contributed by atoms with Crippen molar-refractivity contribution in [3.05, 3.63) is 53.7 Å². The van der Waals surface area contributed by atoms with Crippen LogP contribution in [-0.2, 0) is 6.61 Å². The van der Waals surface area contributed by atoms with Crippen molar-refractivity contribution in [1.29, 1.82) is 5.26 Å². The summed E-state index contributed by atoms with van der Waals surface area (Å²) in [6.07, 6.45) is 4.29. The summed E-state index contributed by atoms with van der Waals surface area (Å²) in [5, 5.41) is 20.2. The number of rotatable bonds is 5. The first-order chi connectivity index (χ1) is 15.2. The fourth-order valence-electron chi connectivity index (χ4n) is 3.77. The van der Waals surface area contributed by atoms with Crippen LogP contribution < -0.4 is 15.4 Å². The van der Waals surface area contributed by atoms with Gasteiger partial charge in [0.1, 0.15) is 18.2 Å². The number of anilines is 2. The van der Waals surface area contributed by atoms with Crippen LogP contribution >= 0.6 is 0 Å². The van der Waals surface area contributed by atoms with Gasteiger partial charge in [0.05, 0.1) is 11.6 Å². The maximum absolute atomic E-state index is 9.67. The lowest BCUT2D eigenvalue weighted by Gasteiger charge is -2.16. The molecule has 0 saturated carbocycles. The summed E-state index contributed by atoms with van der Waals surface area (Å²) in [6.45, 7) is 2.31. The standard InChI is InChI=1S/C22H20N8O/c23-11-17-9-14(15-5-6-20(25-12-15)30-7-1-2-8-30)3-4-16(17)13-31-18-10-19(24)26-22-21(18)27-29-28-22/h3-6,9-10,12H,1-2,7-8,13H2,(H3,24,26,27,28,29). The Bertz CT molecular complexity index is 1270. The molecule has 0 aliphatic carbocycles. The lowest BCUT2D eigenvalue weighted by Crippen LogP contribution is -2.18. The molecule has 0 bridgehead atoms. The van der Waals surface area contributed by atoms with Crippen molar-refractivity contribution in [2.24, 2.45) is 0 Å². The Morgan fingerprint density at radius 3 is 2.71 bits per heavy atom. The molecule has 5 rings (SSSR count). The number of aromatic amines is 1. The Hall–Kier alpha value is -4.19. The van der Waals surface area contributed by atoms with Crippen LogP contribution in [0.2, 0.25) is 0 Å². The van der Waals surface area contributed by atoms with Crippen molar-refractivity contribution >= 4 is 22.8 Å². The first-order valence-corrected chi connectivity index (χ1v) is 10.1. The molecule has 4 heterocycles. The van der Waals surface area contributed by atoms with E-state index < -0.39 is 0 Å². The Morgan fingerprint density at radius 1 is 1.10 bits per heavy atom. The number of hydrogen-bond donors (Lipinski definition) is 2. The van der Waals surface area contributed by atoms with Gasteiger partial charge in [-0.15, -0.1) is 5.10 Å². The third kappa shape index (κ3) is 3.71. The van der Waals surface area contributed by atoms with Crippen molar-refractivity contribution in [3.63, 3.8) is 0 Å². The number of nitrogens with one attached hydrogen (secondary N) is 1. The van der Waals surface area contributed by atoms with Crippen molar-refractivity contribution in [3.8, 4) is 22.9 Å². The smallest absolute Gasteiger partial charge is 0.207 e. The topological polar surface area (TPSA) is 130 Å². The molecule has 1 aliphatic rings. The fourth-order valence-corrected chi connectivity index (χ4v) is 3.77. The molecular weight excluding hydrogens is 392 g/mol. The number of hydrogen-bond acceptors (Lipinski definition) is 8. The van der Waals surface area contributed by atoms with Crippen LogP contribution in [0, 0.1) is 11.3 Å². The SMILES string of the molecule is N#Cc1cc(-c2ccc(N3CCCC3)nc2)ccc1COc1cc(N)nc2n[nH]nc12. The molecular formula is C22H20N8O. The van der Waals surface area contributed by atoms with E-state index in [-0.39, 0.29) is 12.4 Å². The minimum Gasteiger partial charge on any atom is -0.486 e. The summed E-state index contributed by atoms with van der Waals surface area (Å²) in [4.78, 5) is 11.0. The Kier molecular flexibility index (Phi) is 4.80. The maximum atomic E-state index is 9.67. The quantitative estimate of drug-likeness (QED) is 0.511. The minimum atomic E-state index is 0.195. The highest BCUT2D eigenvalue weighted by Crippen LogP contribution is 2.27. The van der Waals surface area contributed by atoms with Crippen LogP contribution in [0.15, 0.2) is 42.6 Å². The molecule has 1 saturated heterocycles. The van der Waals surface area contributed by atoms with E-state index in [4.69, 9.17) is 10.5 Å². The molecule has 1 aromatic carbocycles. The molecule has 1 fully saturated rings. The van der Waals surface area contributed by atoms with E-state index in [1.54, 1.807) is 6.07 Å². The second kappa shape index (κ2) is 7.91. The summed E-state index contributed by atoms with van der Waals surface area (Å²) < 4.78 is 5.89. The molecule has 1 aliphatic heterocycles. The highest BCUT2D eigenvalue weighted by atomic mass is 16.5. The second-order valence-corrected chi connectivity index (χ2v) is 7.41. The number of benzene rings is 1. The molecule has 3 aromatic heterocycles. The zero-order valence-corrected chi connectivity index (χ0v) is 16.7. The predicted molar refractivity (Wildman–Crippen MR) is 116 cm³/mol. The summed E-state index contributed by atoms with van der Waals surface area (Å²) in [5.41, 5.74) is 9.90. The van der Waals surface area contributed by atoms with Gasteiger partial charge in [0.2, 0.25) is 5.65 Å². The Morgan fingerprint density at radius 2 is 1.94 bits per heavy atom. The van der Waals surface area contributed by atoms with Crippen molar-refractivity contribution in [2.75, 3.05) is 23.7 Å². The molecule has 0 spiro atoms. The van der Waals surface area contributed by atoms with Crippen LogP contribution in [0.5, 0.6) is 5.75 Å². The van der Waals surface area contributed by atoms with Crippen molar-refractivity contribution < 1.29 is 4.74 Å². The highest BCUT2D eigenvalue weighted by molar-refractivity contribution is 5.79. The molecule has 9 nitrogen and oxygen atoms in total. The zero-order chi connectivity index (χ0) is 21.2. The number of pyridine rings is 2. The van der Waals surface area contributed by atoms with E-state index in [2.05, 4.69) is 36.3 Å². The van der Waals surface area contributed by atoms with Crippen molar-refractivity contribution in [1.82, 2.24) is 25.4 Å². The van der Waals surface area contributed by atoms with Crippen LogP contribution in [0.4, 0.5) is 11.6 Å². The van der Waals surface area contributed by atoms with Gasteiger partial charge in [0.25, 0.3) is 0 Å². The lowest BCUT2D eigenvalue weighted by molar-refractivity contribution is 0.309. The van der Waals surface area contributed by atoms with Crippen LogP contribution in [0.1, 0.15) is 24.0 Å². The van der Waals surface area contributed by atoms with Crippen LogP contribution in [0.25, 0.3) is 22.3 Å². The summed E-state index contributed by atoms with van der Waals surface area (Å²) in [7, 11) is 0. The summed E-state index contributed by atoms with van der Waals surface area (Å²) >= 11 is 0. The number of fused-ring (bicyclic) bond motifs is 1. The predicted octanol–water partition coefficient (Wildman–Crippen LogP) is 3.05. The number of nitrogen functional groups attached to an aromatic ring is 1. The van der Waals surface area contributed by atoms with E-state index in [9.17, 15) is 5.26 Å². The van der Waals surface area contributed by atoms with Gasteiger partial charge < -0.3 is 15.4 Å². The van der Waals surface area contributed by atoms with Gasteiger partial charge in [-0.05, 0) is 36.6 Å². The van der Waals surface area contributed by atoms with Crippen LogP contribution in [-0.4, -0.2) is 38.5 Å². The highest BCUT2D eigenvalue weighted by Gasteiger charge is 2.14.